The lowest BCUT2D eigenvalue weighted by atomic mass is 9.82. The predicted octanol–water partition coefficient (Wildman–Crippen LogP) is 3.76. The van der Waals surface area contributed by atoms with E-state index in [0.29, 0.717) is 66.7 Å². The van der Waals surface area contributed by atoms with Crippen molar-refractivity contribution in [3.8, 4) is 28.7 Å². The maximum Gasteiger partial charge on any atom is 0.246 e. The summed E-state index contributed by atoms with van der Waals surface area (Å²) in [6, 6.07) is 8.83. The number of carbonyl (C=O) groups excluding carboxylic acids is 2. The Hall–Kier alpha value is -3.68. The van der Waals surface area contributed by atoms with Gasteiger partial charge < -0.3 is 28.6 Å². The van der Waals surface area contributed by atoms with E-state index in [4.69, 9.17) is 23.7 Å². The third-order valence-corrected chi connectivity index (χ3v) is 6.39. The second-order valence-electron chi connectivity index (χ2n) is 8.36. The second-order valence-corrected chi connectivity index (χ2v) is 8.36. The van der Waals surface area contributed by atoms with Crippen molar-refractivity contribution >= 4 is 17.8 Å². The van der Waals surface area contributed by atoms with Crippen LogP contribution in [0.4, 0.5) is 0 Å². The number of rotatable bonds is 6. The van der Waals surface area contributed by atoms with Crippen LogP contribution in [-0.4, -0.2) is 63.7 Å². The van der Waals surface area contributed by atoms with Crippen LogP contribution in [0.15, 0.2) is 36.4 Å². The molecule has 180 valence electrons. The van der Waals surface area contributed by atoms with Gasteiger partial charge in [0.2, 0.25) is 11.7 Å². The Bertz CT molecular complexity index is 1090. The van der Waals surface area contributed by atoms with E-state index in [9.17, 15) is 9.59 Å². The maximum absolute atomic E-state index is 12.8. The van der Waals surface area contributed by atoms with E-state index in [1.54, 1.807) is 69.7 Å². The van der Waals surface area contributed by atoms with Crippen molar-refractivity contribution in [3.05, 3.63) is 47.5 Å². The molecule has 8 nitrogen and oxygen atoms in total. The van der Waals surface area contributed by atoms with Crippen molar-refractivity contribution < 1.29 is 33.3 Å². The molecule has 0 bridgehead atoms. The standard InChI is InChI=1S/C26H29NO7/c1-30-18-6-7-19-20(28)16-26(34-21(19)15-18)9-11-27(12-10-26)24(29)8-5-17-13-22(31-2)25(33-4)23(14-17)32-3/h5-8,13-15H,9-12,16H2,1-4H3/b8-5+. The van der Waals surface area contributed by atoms with Gasteiger partial charge in [-0.1, -0.05) is 0 Å². The number of ether oxygens (including phenoxy) is 5. The normalized spacial score (nSPS) is 16.7. The van der Waals surface area contributed by atoms with Gasteiger partial charge in [-0.3, -0.25) is 9.59 Å². The number of benzene rings is 2. The molecule has 0 atom stereocenters. The van der Waals surface area contributed by atoms with Gasteiger partial charge in [0.25, 0.3) is 0 Å². The minimum atomic E-state index is -0.590. The lowest BCUT2D eigenvalue weighted by molar-refractivity contribution is -0.129. The highest BCUT2D eigenvalue weighted by Gasteiger charge is 2.43. The fourth-order valence-electron chi connectivity index (χ4n) is 4.49. The number of hydrogen-bond donors (Lipinski definition) is 0. The predicted molar refractivity (Wildman–Crippen MR) is 126 cm³/mol. The fourth-order valence-corrected chi connectivity index (χ4v) is 4.49. The Kier molecular flexibility index (Phi) is 6.68. The van der Waals surface area contributed by atoms with E-state index >= 15 is 0 Å². The molecular formula is C26H29NO7. The third-order valence-electron chi connectivity index (χ3n) is 6.39. The van der Waals surface area contributed by atoms with Gasteiger partial charge in [0, 0.05) is 38.1 Å². The highest BCUT2D eigenvalue weighted by molar-refractivity contribution is 6.00. The smallest absolute Gasteiger partial charge is 0.246 e. The summed E-state index contributed by atoms with van der Waals surface area (Å²) in [5.41, 5.74) is 0.745. The highest BCUT2D eigenvalue weighted by atomic mass is 16.5. The average Bonchev–Trinajstić information content (AvgIpc) is 2.86. The molecule has 2 aromatic rings. The number of amides is 1. The molecule has 1 saturated heterocycles. The van der Waals surface area contributed by atoms with E-state index < -0.39 is 5.60 Å². The van der Waals surface area contributed by atoms with Crippen molar-refractivity contribution in [1.82, 2.24) is 4.90 Å². The molecule has 8 heteroatoms. The number of piperidine rings is 1. The molecular weight excluding hydrogens is 438 g/mol. The Morgan fingerprint density at radius 1 is 0.971 bits per heavy atom. The molecule has 0 aromatic heterocycles. The van der Waals surface area contributed by atoms with Gasteiger partial charge >= 0.3 is 0 Å². The Morgan fingerprint density at radius 2 is 1.65 bits per heavy atom. The summed E-state index contributed by atoms with van der Waals surface area (Å²) in [4.78, 5) is 27.4. The van der Waals surface area contributed by atoms with Gasteiger partial charge in [-0.05, 0) is 35.9 Å². The molecule has 0 aliphatic carbocycles. The molecule has 0 saturated carbocycles. The Labute approximate surface area is 199 Å². The largest absolute Gasteiger partial charge is 0.497 e. The summed E-state index contributed by atoms with van der Waals surface area (Å²) >= 11 is 0. The number of fused-ring (bicyclic) bond motifs is 1. The first-order chi connectivity index (χ1) is 16.4. The summed E-state index contributed by atoms with van der Waals surface area (Å²) in [5.74, 6) is 2.69. The summed E-state index contributed by atoms with van der Waals surface area (Å²) in [6.07, 6.45) is 4.74. The van der Waals surface area contributed by atoms with Crippen LogP contribution < -0.4 is 23.7 Å². The number of ketones is 1. The van der Waals surface area contributed by atoms with Crippen LogP contribution in [0.2, 0.25) is 0 Å². The molecule has 2 aliphatic rings. The SMILES string of the molecule is COc1ccc2c(c1)OC1(CCN(C(=O)/C=C/c3cc(OC)c(OC)c(OC)c3)CC1)CC2=O. The second kappa shape index (κ2) is 9.67. The topological polar surface area (TPSA) is 83.5 Å². The summed E-state index contributed by atoms with van der Waals surface area (Å²) in [7, 11) is 6.22. The number of likely N-dealkylation sites (tertiary alicyclic amines) is 1. The molecule has 34 heavy (non-hydrogen) atoms. The number of hydrogen-bond acceptors (Lipinski definition) is 7. The van der Waals surface area contributed by atoms with Crippen molar-refractivity contribution in [2.45, 2.75) is 24.9 Å². The van der Waals surface area contributed by atoms with Gasteiger partial charge in [-0.25, -0.2) is 0 Å². The molecule has 2 aliphatic heterocycles. The number of carbonyl (C=O) groups is 2. The van der Waals surface area contributed by atoms with Crippen LogP contribution in [0.1, 0.15) is 35.2 Å². The van der Waals surface area contributed by atoms with Crippen LogP contribution in [0, 0.1) is 0 Å². The molecule has 1 spiro atoms. The molecule has 0 N–H and O–H groups in total. The quantitative estimate of drug-likeness (QED) is 0.598. The average molecular weight is 468 g/mol. The fraction of sp³-hybridized carbons (Fsp3) is 0.385. The number of Topliss-reactive ketones (excluding diaryl/α,β-unsaturated/α-hetero) is 1. The molecule has 0 unspecified atom stereocenters. The van der Waals surface area contributed by atoms with E-state index in [1.165, 1.54) is 6.08 Å². The first-order valence-electron chi connectivity index (χ1n) is 11.1. The highest BCUT2D eigenvalue weighted by Crippen LogP contribution is 2.41. The zero-order valence-corrected chi connectivity index (χ0v) is 19.9. The van der Waals surface area contributed by atoms with E-state index in [2.05, 4.69) is 0 Å². The summed E-state index contributed by atoms with van der Waals surface area (Å²) < 4.78 is 27.7. The van der Waals surface area contributed by atoms with Gasteiger partial charge in [-0.2, -0.15) is 0 Å². The molecule has 4 rings (SSSR count). The van der Waals surface area contributed by atoms with Crippen molar-refractivity contribution in [2.75, 3.05) is 41.5 Å². The van der Waals surface area contributed by atoms with Crippen LogP contribution in [-0.2, 0) is 4.79 Å². The van der Waals surface area contributed by atoms with Crippen molar-refractivity contribution in [2.24, 2.45) is 0 Å². The van der Waals surface area contributed by atoms with E-state index in [-0.39, 0.29) is 11.7 Å². The van der Waals surface area contributed by atoms with Gasteiger partial charge in [0.1, 0.15) is 17.1 Å². The third kappa shape index (κ3) is 4.53. The monoisotopic (exact) mass is 467 g/mol. The number of nitrogens with zero attached hydrogens (tertiary/aromatic N) is 1. The first-order valence-corrected chi connectivity index (χ1v) is 11.1. The van der Waals surface area contributed by atoms with Crippen molar-refractivity contribution in [1.29, 1.82) is 0 Å². The molecule has 1 amide bonds. The van der Waals surface area contributed by atoms with Gasteiger partial charge in [0.05, 0.1) is 40.4 Å². The van der Waals surface area contributed by atoms with Crippen LogP contribution in [0.3, 0.4) is 0 Å². The molecule has 2 heterocycles. The Morgan fingerprint density at radius 3 is 2.24 bits per heavy atom. The first kappa shape index (κ1) is 23.5. The molecule has 1 fully saturated rings. The molecule has 0 radical (unpaired) electrons. The van der Waals surface area contributed by atoms with Gasteiger partial charge in [0.15, 0.2) is 17.3 Å². The zero-order chi connectivity index (χ0) is 24.3. The minimum Gasteiger partial charge on any atom is -0.497 e. The summed E-state index contributed by atoms with van der Waals surface area (Å²) in [6.45, 7) is 1.01. The van der Waals surface area contributed by atoms with Gasteiger partial charge in [-0.15, -0.1) is 0 Å². The molecule has 2 aromatic carbocycles. The lowest BCUT2D eigenvalue weighted by Crippen LogP contribution is -2.52. The van der Waals surface area contributed by atoms with Crippen LogP contribution in [0.25, 0.3) is 6.08 Å². The maximum atomic E-state index is 12.8. The van der Waals surface area contributed by atoms with E-state index in [0.717, 1.165) is 5.56 Å². The van der Waals surface area contributed by atoms with Crippen LogP contribution >= 0.6 is 0 Å². The Balaban J connectivity index is 1.43. The zero-order valence-electron chi connectivity index (χ0n) is 19.9. The number of methoxy groups -OCH3 is 4. The van der Waals surface area contributed by atoms with Crippen molar-refractivity contribution in [3.63, 3.8) is 0 Å². The van der Waals surface area contributed by atoms with Crippen LogP contribution in [0.5, 0.6) is 28.7 Å². The lowest BCUT2D eigenvalue weighted by Gasteiger charge is -2.43. The minimum absolute atomic E-state index is 0.0611. The summed E-state index contributed by atoms with van der Waals surface area (Å²) in [5, 5.41) is 0. The van der Waals surface area contributed by atoms with E-state index in [1.807, 2.05) is 0 Å².